The number of nitrogens with two attached hydrogens (primary N) is 1. The summed E-state index contributed by atoms with van der Waals surface area (Å²) in [6.07, 6.45) is 0.0565. The molecule has 0 saturated heterocycles. The summed E-state index contributed by atoms with van der Waals surface area (Å²) in [4.78, 5) is 1.42. The zero-order valence-corrected chi connectivity index (χ0v) is 11.7. The van der Waals surface area contributed by atoms with Gasteiger partial charge in [0.1, 0.15) is 17.3 Å². The highest BCUT2D eigenvalue weighted by Crippen LogP contribution is 2.24. The van der Waals surface area contributed by atoms with E-state index in [4.69, 9.17) is 15.7 Å². The number of oxime groups is 1. The van der Waals surface area contributed by atoms with Crippen molar-refractivity contribution < 1.29 is 18.7 Å². The van der Waals surface area contributed by atoms with E-state index in [1.54, 1.807) is 7.05 Å². The van der Waals surface area contributed by atoms with Crippen LogP contribution in [-0.4, -0.2) is 37.3 Å². The molecule has 1 aromatic carbocycles. The molecule has 1 aromatic rings. The molecule has 0 aliphatic carbocycles. The molecular formula is C13H19F2N3O2. The Morgan fingerprint density at radius 1 is 1.40 bits per heavy atom. The van der Waals surface area contributed by atoms with Crippen molar-refractivity contribution in [3.05, 3.63) is 29.3 Å². The van der Waals surface area contributed by atoms with Gasteiger partial charge in [-0.25, -0.2) is 8.78 Å². The molecule has 0 atom stereocenters. The van der Waals surface area contributed by atoms with E-state index < -0.39 is 11.6 Å². The second-order valence-corrected chi connectivity index (χ2v) is 4.61. The predicted molar refractivity (Wildman–Crippen MR) is 73.2 cm³/mol. The van der Waals surface area contributed by atoms with Crippen LogP contribution in [0.1, 0.15) is 19.4 Å². The molecule has 0 saturated carbocycles. The van der Waals surface area contributed by atoms with E-state index in [0.29, 0.717) is 13.2 Å². The standard InChI is InChI=1S/C13H19F2N3O2/c1-8(2)20-5-4-18(3)12-10(14)6-9(7-11(12)15)13(16)17-19/h6-8,19H,4-5H2,1-3H3,(H2,16,17). The van der Waals surface area contributed by atoms with Crippen LogP contribution in [0.15, 0.2) is 17.3 Å². The lowest BCUT2D eigenvalue weighted by Gasteiger charge is -2.21. The lowest BCUT2D eigenvalue weighted by atomic mass is 10.1. The summed E-state index contributed by atoms with van der Waals surface area (Å²) in [7, 11) is 1.56. The molecule has 0 aromatic heterocycles. The molecule has 0 spiro atoms. The highest BCUT2D eigenvalue weighted by atomic mass is 19.1. The van der Waals surface area contributed by atoms with Crippen LogP contribution in [0.4, 0.5) is 14.5 Å². The van der Waals surface area contributed by atoms with Crippen molar-refractivity contribution in [1.82, 2.24) is 0 Å². The summed E-state index contributed by atoms with van der Waals surface area (Å²) in [5.41, 5.74) is 5.11. The van der Waals surface area contributed by atoms with Crippen LogP contribution in [0, 0.1) is 11.6 Å². The van der Waals surface area contributed by atoms with Gasteiger partial charge in [0.05, 0.1) is 12.7 Å². The van der Waals surface area contributed by atoms with Gasteiger partial charge >= 0.3 is 0 Å². The molecule has 3 N–H and O–H groups in total. The number of nitrogens with zero attached hydrogens (tertiary/aromatic N) is 2. The first-order chi connectivity index (χ1) is 9.36. The molecule has 20 heavy (non-hydrogen) atoms. The molecule has 0 bridgehead atoms. The van der Waals surface area contributed by atoms with Gasteiger partial charge in [0, 0.05) is 19.2 Å². The van der Waals surface area contributed by atoms with Crippen molar-refractivity contribution in [2.45, 2.75) is 20.0 Å². The van der Waals surface area contributed by atoms with Gasteiger partial charge in [-0.1, -0.05) is 5.16 Å². The molecule has 0 fully saturated rings. The quantitative estimate of drug-likeness (QED) is 0.363. The number of halogens is 2. The maximum absolute atomic E-state index is 13.9. The molecule has 0 aliphatic rings. The van der Waals surface area contributed by atoms with E-state index in [-0.39, 0.29) is 23.2 Å². The number of hydrogen-bond donors (Lipinski definition) is 2. The number of ether oxygens (including phenoxy) is 1. The summed E-state index contributed by atoms with van der Waals surface area (Å²) in [5.74, 6) is -1.91. The lowest BCUT2D eigenvalue weighted by molar-refractivity contribution is 0.0845. The SMILES string of the molecule is CC(C)OCCN(C)c1c(F)cc(C(N)=NO)cc1F. The Morgan fingerprint density at radius 2 is 1.95 bits per heavy atom. The van der Waals surface area contributed by atoms with Gasteiger partial charge in [0.15, 0.2) is 5.84 Å². The normalized spacial score (nSPS) is 12.0. The van der Waals surface area contributed by atoms with E-state index >= 15 is 0 Å². The predicted octanol–water partition coefficient (Wildman–Crippen LogP) is 1.92. The third-order valence-corrected chi connectivity index (χ3v) is 2.68. The van der Waals surface area contributed by atoms with Gasteiger partial charge in [0.25, 0.3) is 0 Å². The van der Waals surface area contributed by atoms with Crippen molar-refractivity contribution in [2.24, 2.45) is 10.9 Å². The zero-order chi connectivity index (χ0) is 15.3. The molecule has 0 radical (unpaired) electrons. The first-order valence-corrected chi connectivity index (χ1v) is 6.16. The molecule has 0 heterocycles. The molecule has 7 heteroatoms. The summed E-state index contributed by atoms with van der Waals surface area (Å²) in [6, 6.07) is 2.04. The summed E-state index contributed by atoms with van der Waals surface area (Å²) in [5, 5.41) is 11.2. The molecule has 0 amide bonds. The van der Waals surface area contributed by atoms with Gasteiger partial charge in [-0.05, 0) is 26.0 Å². The number of anilines is 1. The van der Waals surface area contributed by atoms with Gasteiger partial charge in [0.2, 0.25) is 0 Å². The number of benzene rings is 1. The van der Waals surface area contributed by atoms with E-state index in [9.17, 15) is 8.78 Å². The fourth-order valence-electron chi connectivity index (χ4n) is 1.67. The Hall–Kier alpha value is -1.89. The third-order valence-electron chi connectivity index (χ3n) is 2.68. The average Bonchev–Trinajstić information content (AvgIpc) is 2.36. The highest BCUT2D eigenvalue weighted by Gasteiger charge is 2.16. The van der Waals surface area contributed by atoms with Gasteiger partial charge in [-0.3, -0.25) is 0 Å². The Morgan fingerprint density at radius 3 is 2.40 bits per heavy atom. The first-order valence-electron chi connectivity index (χ1n) is 6.16. The zero-order valence-electron chi connectivity index (χ0n) is 11.7. The van der Waals surface area contributed by atoms with Gasteiger partial charge in [-0.15, -0.1) is 0 Å². The first kappa shape index (κ1) is 16.2. The molecule has 5 nitrogen and oxygen atoms in total. The monoisotopic (exact) mass is 287 g/mol. The maximum atomic E-state index is 13.9. The topological polar surface area (TPSA) is 71.1 Å². The second-order valence-electron chi connectivity index (χ2n) is 4.61. The lowest BCUT2D eigenvalue weighted by Crippen LogP contribution is -2.26. The Balaban J connectivity index is 2.90. The largest absolute Gasteiger partial charge is 0.409 e. The minimum atomic E-state index is -0.779. The van der Waals surface area contributed by atoms with Crippen LogP contribution >= 0.6 is 0 Å². The van der Waals surface area contributed by atoms with Crippen LogP contribution < -0.4 is 10.6 Å². The minimum Gasteiger partial charge on any atom is -0.409 e. The van der Waals surface area contributed by atoms with E-state index in [1.165, 1.54) is 4.90 Å². The van der Waals surface area contributed by atoms with E-state index in [1.807, 2.05) is 13.8 Å². The van der Waals surface area contributed by atoms with Crippen LogP contribution in [0.3, 0.4) is 0 Å². The number of rotatable bonds is 6. The molecule has 0 aliphatic heterocycles. The van der Waals surface area contributed by atoms with Crippen LogP contribution in [0.5, 0.6) is 0 Å². The van der Waals surface area contributed by atoms with Crippen molar-refractivity contribution >= 4 is 11.5 Å². The summed E-state index contributed by atoms with van der Waals surface area (Å²) < 4.78 is 33.2. The van der Waals surface area contributed by atoms with Gasteiger partial charge in [-0.2, -0.15) is 0 Å². The average molecular weight is 287 g/mol. The van der Waals surface area contributed by atoms with Crippen LogP contribution in [0.25, 0.3) is 0 Å². The molecule has 112 valence electrons. The molecule has 1 rings (SSSR count). The van der Waals surface area contributed by atoms with Crippen molar-refractivity contribution in [3.63, 3.8) is 0 Å². The Labute approximate surface area is 116 Å². The van der Waals surface area contributed by atoms with Crippen LogP contribution in [-0.2, 0) is 4.74 Å². The third kappa shape index (κ3) is 4.06. The fourth-order valence-corrected chi connectivity index (χ4v) is 1.67. The molecule has 0 unspecified atom stereocenters. The van der Waals surface area contributed by atoms with Crippen molar-refractivity contribution in [2.75, 3.05) is 25.1 Å². The van der Waals surface area contributed by atoms with E-state index in [0.717, 1.165) is 12.1 Å². The number of amidine groups is 1. The van der Waals surface area contributed by atoms with Crippen LogP contribution in [0.2, 0.25) is 0 Å². The highest BCUT2D eigenvalue weighted by molar-refractivity contribution is 5.97. The maximum Gasteiger partial charge on any atom is 0.170 e. The fraction of sp³-hybridized carbons (Fsp3) is 0.462. The summed E-state index contributed by atoms with van der Waals surface area (Å²) >= 11 is 0. The Kier molecular flexibility index (Phi) is 5.69. The summed E-state index contributed by atoms with van der Waals surface area (Å²) in [6.45, 7) is 4.46. The van der Waals surface area contributed by atoms with Crippen molar-refractivity contribution in [3.8, 4) is 0 Å². The van der Waals surface area contributed by atoms with Gasteiger partial charge < -0.3 is 20.6 Å². The number of hydrogen-bond acceptors (Lipinski definition) is 4. The molecular weight excluding hydrogens is 268 g/mol. The Bertz CT molecular complexity index is 469. The van der Waals surface area contributed by atoms with E-state index in [2.05, 4.69) is 5.16 Å². The minimum absolute atomic E-state index is 0.0157. The number of likely N-dealkylation sites (N-methyl/N-ethyl adjacent to an activating group) is 1. The van der Waals surface area contributed by atoms with Crippen molar-refractivity contribution in [1.29, 1.82) is 0 Å². The smallest absolute Gasteiger partial charge is 0.170 e. The second kappa shape index (κ2) is 7.04.